The van der Waals surface area contributed by atoms with Crippen molar-refractivity contribution >= 4 is 16.8 Å². The Bertz CT molecular complexity index is 485. The highest BCUT2D eigenvalue weighted by Gasteiger charge is 2.45. The van der Waals surface area contributed by atoms with E-state index in [1.807, 2.05) is 13.0 Å². The van der Waals surface area contributed by atoms with Crippen molar-refractivity contribution in [3.8, 4) is 0 Å². The molecule has 3 nitrogen and oxygen atoms in total. The van der Waals surface area contributed by atoms with Gasteiger partial charge in [-0.05, 0) is 12.5 Å². The number of hydrogen-bond acceptors (Lipinski definition) is 2. The van der Waals surface area contributed by atoms with Crippen molar-refractivity contribution in [2.24, 2.45) is 5.92 Å². The van der Waals surface area contributed by atoms with E-state index in [0.29, 0.717) is 5.56 Å². The lowest BCUT2D eigenvalue weighted by molar-refractivity contribution is -0.188. The van der Waals surface area contributed by atoms with Crippen LogP contribution in [0.5, 0.6) is 0 Å². The van der Waals surface area contributed by atoms with Crippen molar-refractivity contribution in [1.29, 1.82) is 0 Å². The Morgan fingerprint density at radius 2 is 2.05 bits per heavy atom. The first-order chi connectivity index (χ1) is 8.70. The third-order valence-corrected chi connectivity index (χ3v) is 3.82. The van der Waals surface area contributed by atoms with Crippen LogP contribution in [0.4, 0.5) is 13.2 Å². The molecule has 0 aliphatic carbocycles. The molecule has 19 heavy (non-hydrogen) atoms. The fourth-order valence-corrected chi connectivity index (χ4v) is 2.91. The number of halogens is 3. The lowest BCUT2D eigenvalue weighted by atomic mass is 10.2. The van der Waals surface area contributed by atoms with Crippen LogP contribution < -0.4 is 0 Å². The van der Waals surface area contributed by atoms with Crippen LogP contribution in [-0.2, 0) is 21.3 Å². The van der Waals surface area contributed by atoms with Crippen LogP contribution in [0.1, 0.15) is 11.1 Å². The molecule has 7 heteroatoms. The molecule has 0 saturated heterocycles. The largest absolute Gasteiger partial charge is 0.481 e. The second-order valence-electron chi connectivity index (χ2n) is 4.17. The predicted octanol–water partition coefficient (Wildman–Crippen LogP) is 2.51. The first-order valence-corrected chi connectivity index (χ1v) is 6.89. The molecule has 0 saturated carbocycles. The number of aliphatic carboxylic acids is 1. The second kappa shape index (κ2) is 6.18. The number of aryl methyl sites for hydroxylation is 1. The molecule has 0 aliphatic rings. The van der Waals surface area contributed by atoms with E-state index < -0.39 is 34.6 Å². The van der Waals surface area contributed by atoms with E-state index in [9.17, 15) is 22.2 Å². The number of hydrogen-bond donors (Lipinski definition) is 1. The Morgan fingerprint density at radius 3 is 2.53 bits per heavy atom. The van der Waals surface area contributed by atoms with E-state index in [1.54, 1.807) is 18.2 Å². The number of alkyl halides is 3. The smallest absolute Gasteiger partial charge is 0.403 e. The van der Waals surface area contributed by atoms with Gasteiger partial charge >= 0.3 is 12.1 Å². The zero-order valence-electron chi connectivity index (χ0n) is 10.1. The van der Waals surface area contributed by atoms with Gasteiger partial charge in [0.15, 0.2) is 5.92 Å². The van der Waals surface area contributed by atoms with Crippen LogP contribution in [0.15, 0.2) is 24.3 Å². The van der Waals surface area contributed by atoms with E-state index in [4.69, 9.17) is 5.11 Å². The lowest BCUT2D eigenvalue weighted by Crippen LogP contribution is -2.35. The lowest BCUT2D eigenvalue weighted by Gasteiger charge is -2.15. The molecule has 1 N–H and O–H groups in total. The summed E-state index contributed by atoms with van der Waals surface area (Å²) in [6, 6.07) is 6.87. The Hall–Kier alpha value is -1.37. The molecule has 106 valence electrons. The molecule has 0 radical (unpaired) electrons. The monoisotopic (exact) mass is 294 g/mol. The summed E-state index contributed by atoms with van der Waals surface area (Å²) in [5.41, 5.74) is 1.53. The first kappa shape index (κ1) is 15.7. The molecule has 2 atom stereocenters. The second-order valence-corrected chi connectivity index (χ2v) is 5.67. The maximum absolute atomic E-state index is 12.4. The molecule has 1 aromatic carbocycles. The maximum atomic E-state index is 12.4. The third kappa shape index (κ3) is 5.02. The normalized spacial score (nSPS) is 14.9. The standard InChI is InChI=1S/C12H13F3O3S/c1-8-3-2-4-9(5-8)6-19(18)7-10(11(16)17)12(13,14)15/h2-5,10H,6-7H2,1H3,(H,16,17). The molecule has 0 aliphatic heterocycles. The molecule has 1 aromatic rings. The van der Waals surface area contributed by atoms with Gasteiger partial charge in [-0.1, -0.05) is 29.8 Å². The fraction of sp³-hybridized carbons (Fsp3) is 0.417. The van der Waals surface area contributed by atoms with Crippen molar-refractivity contribution < 1.29 is 27.3 Å². The third-order valence-electron chi connectivity index (χ3n) is 2.46. The van der Waals surface area contributed by atoms with Crippen LogP contribution >= 0.6 is 0 Å². The number of carboxylic acid groups (broad SMARTS) is 1. The van der Waals surface area contributed by atoms with Gasteiger partial charge in [0, 0.05) is 22.3 Å². The Labute approximate surface area is 110 Å². The quantitative estimate of drug-likeness (QED) is 0.908. The molecular weight excluding hydrogens is 281 g/mol. The minimum absolute atomic E-state index is 0.0818. The summed E-state index contributed by atoms with van der Waals surface area (Å²) in [6.45, 7) is 1.81. The Balaban J connectivity index is 2.71. The summed E-state index contributed by atoms with van der Waals surface area (Å²) >= 11 is 0. The number of carbonyl (C=O) groups is 1. The summed E-state index contributed by atoms with van der Waals surface area (Å²) < 4.78 is 48.9. The highest BCUT2D eigenvalue weighted by molar-refractivity contribution is 7.84. The van der Waals surface area contributed by atoms with Crippen molar-refractivity contribution in [3.63, 3.8) is 0 Å². The van der Waals surface area contributed by atoms with Crippen LogP contribution in [0.3, 0.4) is 0 Å². The van der Waals surface area contributed by atoms with Gasteiger partial charge in [-0.15, -0.1) is 0 Å². The van der Waals surface area contributed by atoms with Gasteiger partial charge in [0.2, 0.25) is 0 Å². The summed E-state index contributed by atoms with van der Waals surface area (Å²) in [5.74, 6) is -5.59. The molecule has 0 aromatic heterocycles. The van der Waals surface area contributed by atoms with Gasteiger partial charge in [-0.25, -0.2) is 0 Å². The molecule has 0 heterocycles. The van der Waals surface area contributed by atoms with E-state index in [1.165, 1.54) is 0 Å². The van der Waals surface area contributed by atoms with E-state index in [0.717, 1.165) is 5.56 Å². The summed E-state index contributed by atoms with van der Waals surface area (Å²) in [4.78, 5) is 10.5. The van der Waals surface area contributed by atoms with Gasteiger partial charge in [-0.2, -0.15) is 13.2 Å². The molecule has 0 spiro atoms. The minimum Gasteiger partial charge on any atom is -0.481 e. The van der Waals surface area contributed by atoms with Gasteiger partial charge < -0.3 is 5.11 Å². The van der Waals surface area contributed by atoms with Crippen molar-refractivity contribution in [2.45, 2.75) is 18.9 Å². The highest BCUT2D eigenvalue weighted by atomic mass is 32.2. The average Bonchev–Trinajstić information content (AvgIpc) is 2.24. The summed E-state index contributed by atoms with van der Waals surface area (Å²) in [6.07, 6.45) is -4.88. The van der Waals surface area contributed by atoms with E-state index in [-0.39, 0.29) is 5.75 Å². The van der Waals surface area contributed by atoms with Gasteiger partial charge in [-0.3, -0.25) is 9.00 Å². The van der Waals surface area contributed by atoms with Crippen molar-refractivity contribution in [3.05, 3.63) is 35.4 Å². The van der Waals surface area contributed by atoms with Gasteiger partial charge in [0.05, 0.1) is 0 Å². The first-order valence-electron chi connectivity index (χ1n) is 5.40. The van der Waals surface area contributed by atoms with Gasteiger partial charge in [0.25, 0.3) is 0 Å². The number of carboxylic acids is 1. The van der Waals surface area contributed by atoms with Crippen LogP contribution in [0.2, 0.25) is 0 Å². The molecular formula is C12H13F3O3S. The molecule has 2 unspecified atom stereocenters. The van der Waals surface area contributed by atoms with Crippen LogP contribution in [0, 0.1) is 12.8 Å². The zero-order valence-corrected chi connectivity index (χ0v) is 10.9. The van der Waals surface area contributed by atoms with Crippen LogP contribution in [0.25, 0.3) is 0 Å². The highest BCUT2D eigenvalue weighted by Crippen LogP contribution is 2.27. The van der Waals surface area contributed by atoms with Crippen molar-refractivity contribution in [1.82, 2.24) is 0 Å². The number of rotatable bonds is 5. The maximum Gasteiger partial charge on any atom is 0.403 e. The van der Waals surface area contributed by atoms with E-state index >= 15 is 0 Å². The Kier molecular flexibility index (Phi) is 5.11. The topological polar surface area (TPSA) is 54.4 Å². The zero-order chi connectivity index (χ0) is 14.6. The number of benzene rings is 1. The molecule has 0 amide bonds. The predicted molar refractivity (Wildman–Crippen MR) is 65.1 cm³/mol. The van der Waals surface area contributed by atoms with Crippen LogP contribution in [-0.4, -0.2) is 27.2 Å². The fourth-order valence-electron chi connectivity index (χ4n) is 1.54. The summed E-state index contributed by atoms with van der Waals surface area (Å²) in [7, 11) is -1.88. The van der Waals surface area contributed by atoms with Gasteiger partial charge in [0.1, 0.15) is 0 Å². The minimum atomic E-state index is -4.88. The summed E-state index contributed by atoms with van der Waals surface area (Å²) in [5, 5.41) is 8.51. The molecule has 0 fully saturated rings. The molecule has 1 rings (SSSR count). The Morgan fingerprint density at radius 1 is 1.42 bits per heavy atom. The molecule has 0 bridgehead atoms. The average molecular weight is 294 g/mol. The van der Waals surface area contributed by atoms with E-state index in [2.05, 4.69) is 0 Å². The SMILES string of the molecule is Cc1cccc(CS(=O)CC(C(=O)O)C(F)(F)F)c1. The van der Waals surface area contributed by atoms with Crippen molar-refractivity contribution in [2.75, 3.05) is 5.75 Å².